The van der Waals surface area contributed by atoms with E-state index in [1.165, 1.54) is 0 Å². The van der Waals surface area contributed by atoms with Gasteiger partial charge in [-0.25, -0.2) is 0 Å². The Balaban J connectivity index is 0.00000301. The lowest BCUT2D eigenvalue weighted by Crippen LogP contribution is -2.06. The van der Waals surface area contributed by atoms with E-state index in [0.717, 1.165) is 49.8 Å². The first kappa shape index (κ1) is 23.8. The van der Waals surface area contributed by atoms with Crippen molar-refractivity contribution in [2.24, 2.45) is 0 Å². The minimum absolute atomic E-state index is 0.0398. The first-order chi connectivity index (χ1) is 12.6. The second-order valence-corrected chi connectivity index (χ2v) is 5.72. The molecule has 1 N–H and O–H groups in total. The smallest absolute Gasteiger partial charge is 0.164 e. The first-order valence-corrected chi connectivity index (χ1v) is 9.66. The second kappa shape index (κ2) is 15.1. The van der Waals surface area contributed by atoms with E-state index in [-0.39, 0.29) is 5.76 Å². The highest BCUT2D eigenvalue weighted by molar-refractivity contribution is 5.63. The van der Waals surface area contributed by atoms with Gasteiger partial charge in [-0.3, -0.25) is 0 Å². The molecule has 26 heavy (non-hydrogen) atoms. The molecule has 1 aromatic carbocycles. The number of hydrogen-bond acceptors (Lipinski definition) is 3. The van der Waals surface area contributed by atoms with Gasteiger partial charge in [0.1, 0.15) is 5.76 Å². The number of aryl methyl sites for hydroxylation is 1. The summed E-state index contributed by atoms with van der Waals surface area (Å²) in [6.45, 7) is 18.4. The zero-order valence-electron chi connectivity index (χ0n) is 16.9. The molecule has 0 amide bonds. The number of hydrogen-bond donors (Lipinski definition) is 1. The summed E-state index contributed by atoms with van der Waals surface area (Å²) in [4.78, 5) is 0. The monoisotopic (exact) mass is 360 g/mol. The fourth-order valence-corrected chi connectivity index (χ4v) is 2.29. The van der Waals surface area contributed by atoms with Gasteiger partial charge in [-0.1, -0.05) is 45.9 Å². The predicted molar refractivity (Wildman–Crippen MR) is 113 cm³/mol. The van der Waals surface area contributed by atoms with E-state index >= 15 is 0 Å². The van der Waals surface area contributed by atoms with E-state index in [9.17, 15) is 5.11 Å². The molecule has 0 radical (unpaired) electrons. The van der Waals surface area contributed by atoms with Crippen molar-refractivity contribution < 1.29 is 14.6 Å². The average Bonchev–Trinajstić information content (AvgIpc) is 2.65. The largest absolute Gasteiger partial charge is 0.508 e. The summed E-state index contributed by atoms with van der Waals surface area (Å²) in [6.07, 6.45) is 9.28. The van der Waals surface area contributed by atoms with Crippen LogP contribution < -0.4 is 9.47 Å². The maximum atomic E-state index is 9.80. The third-order valence-corrected chi connectivity index (χ3v) is 3.64. The summed E-state index contributed by atoms with van der Waals surface area (Å²) in [5, 5.41) is 9.80. The minimum Gasteiger partial charge on any atom is -0.508 e. The van der Waals surface area contributed by atoms with Crippen LogP contribution in [0, 0.1) is 0 Å². The molecule has 1 aromatic rings. The summed E-state index contributed by atoms with van der Waals surface area (Å²) in [5.41, 5.74) is 1.70. The molecule has 0 heterocycles. The quantitative estimate of drug-likeness (QED) is 0.237. The van der Waals surface area contributed by atoms with Gasteiger partial charge >= 0.3 is 0 Å². The topological polar surface area (TPSA) is 38.7 Å². The maximum Gasteiger partial charge on any atom is 0.164 e. The van der Waals surface area contributed by atoms with E-state index in [1.54, 1.807) is 6.07 Å². The summed E-state index contributed by atoms with van der Waals surface area (Å²) < 4.78 is 11.9. The van der Waals surface area contributed by atoms with Gasteiger partial charge in [0.2, 0.25) is 0 Å². The Morgan fingerprint density at radius 1 is 1.04 bits per heavy atom. The fraction of sp³-hybridized carbons (Fsp3) is 0.478. The van der Waals surface area contributed by atoms with Crippen molar-refractivity contribution in [1.29, 1.82) is 0 Å². The Bertz CT molecular complexity index is 547. The van der Waals surface area contributed by atoms with Gasteiger partial charge in [0.15, 0.2) is 11.5 Å². The Hall–Kier alpha value is -2.16. The van der Waals surface area contributed by atoms with Crippen LogP contribution in [0.25, 0.3) is 5.76 Å². The molecule has 0 spiro atoms. The number of allylic oxidation sites excluding steroid dienone is 1. The van der Waals surface area contributed by atoms with Crippen LogP contribution in [-0.2, 0) is 6.42 Å². The van der Waals surface area contributed by atoms with Crippen molar-refractivity contribution >= 4 is 5.76 Å². The van der Waals surface area contributed by atoms with Gasteiger partial charge in [-0.05, 0) is 49.8 Å². The summed E-state index contributed by atoms with van der Waals surface area (Å²) >= 11 is 0. The maximum absolute atomic E-state index is 9.80. The molecule has 0 fully saturated rings. The van der Waals surface area contributed by atoms with Crippen LogP contribution in [0.2, 0.25) is 0 Å². The van der Waals surface area contributed by atoms with Crippen LogP contribution >= 0.6 is 0 Å². The number of aliphatic hydroxyl groups excluding tert-OH is 1. The predicted octanol–water partition coefficient (Wildman–Crippen LogP) is 6.88. The molecule has 0 aromatic heterocycles. The second-order valence-electron chi connectivity index (χ2n) is 5.72. The lowest BCUT2D eigenvalue weighted by atomic mass is 10.0. The van der Waals surface area contributed by atoms with E-state index in [4.69, 9.17) is 9.47 Å². The van der Waals surface area contributed by atoms with E-state index in [2.05, 4.69) is 26.7 Å². The van der Waals surface area contributed by atoms with Gasteiger partial charge in [0.05, 0.1) is 13.2 Å². The van der Waals surface area contributed by atoms with Crippen molar-refractivity contribution in [1.82, 2.24) is 0 Å². The van der Waals surface area contributed by atoms with Crippen molar-refractivity contribution in [2.45, 2.75) is 59.3 Å². The van der Waals surface area contributed by atoms with Crippen LogP contribution in [0.1, 0.15) is 64.0 Å². The molecule has 0 saturated carbocycles. The van der Waals surface area contributed by atoms with Crippen LogP contribution in [0.3, 0.4) is 0 Å². The van der Waals surface area contributed by atoms with Gasteiger partial charge in [-0.15, -0.1) is 13.2 Å². The van der Waals surface area contributed by atoms with Gasteiger partial charge in [-0.2, -0.15) is 0 Å². The highest BCUT2D eigenvalue weighted by Crippen LogP contribution is 2.36. The van der Waals surface area contributed by atoms with Crippen LogP contribution in [0.4, 0.5) is 0 Å². The molecule has 146 valence electrons. The zero-order valence-corrected chi connectivity index (χ0v) is 16.9. The molecule has 0 unspecified atom stereocenters. The Labute approximate surface area is 160 Å². The molecule has 0 aliphatic carbocycles. The van der Waals surface area contributed by atoms with Crippen LogP contribution in [0.15, 0.2) is 44.0 Å². The zero-order chi connectivity index (χ0) is 19.8. The Morgan fingerprint density at radius 2 is 1.73 bits per heavy atom. The molecule has 0 aliphatic rings. The highest BCUT2D eigenvalue weighted by Gasteiger charge is 2.15. The molecule has 1 rings (SSSR count). The molecule has 3 nitrogen and oxygen atoms in total. The van der Waals surface area contributed by atoms with Crippen molar-refractivity contribution in [2.75, 3.05) is 13.2 Å². The Kier molecular flexibility index (Phi) is 13.9. The lowest BCUT2D eigenvalue weighted by molar-refractivity contribution is 0.265. The molecular weight excluding hydrogens is 324 g/mol. The SMILES string of the molecule is C=CCCCc1cc(C(=C)O)cc(OCCCC)c1OCCC=C.CC. The van der Waals surface area contributed by atoms with Gasteiger partial charge < -0.3 is 14.6 Å². The lowest BCUT2D eigenvalue weighted by Gasteiger charge is -2.18. The van der Waals surface area contributed by atoms with Gasteiger partial charge in [0.25, 0.3) is 0 Å². The summed E-state index contributed by atoms with van der Waals surface area (Å²) in [7, 11) is 0. The average molecular weight is 361 g/mol. The van der Waals surface area contributed by atoms with E-state index < -0.39 is 0 Å². The highest BCUT2D eigenvalue weighted by atomic mass is 16.5. The number of aliphatic hydroxyl groups is 1. The van der Waals surface area contributed by atoms with Crippen molar-refractivity contribution in [3.05, 3.63) is 55.1 Å². The molecule has 0 saturated heterocycles. The molecule has 0 atom stereocenters. The van der Waals surface area contributed by atoms with Crippen molar-refractivity contribution in [3.8, 4) is 11.5 Å². The summed E-state index contributed by atoms with van der Waals surface area (Å²) in [6, 6.07) is 3.74. The number of benzene rings is 1. The van der Waals surface area contributed by atoms with Crippen LogP contribution in [-0.4, -0.2) is 18.3 Å². The molecule has 3 heteroatoms. The third kappa shape index (κ3) is 8.80. The first-order valence-electron chi connectivity index (χ1n) is 9.66. The molecule has 0 aliphatic heterocycles. The van der Waals surface area contributed by atoms with Crippen LogP contribution in [0.5, 0.6) is 11.5 Å². The Morgan fingerprint density at radius 3 is 2.31 bits per heavy atom. The van der Waals surface area contributed by atoms with E-state index in [1.807, 2.05) is 32.1 Å². The number of rotatable bonds is 13. The van der Waals surface area contributed by atoms with Gasteiger partial charge in [0, 0.05) is 5.56 Å². The fourth-order valence-electron chi connectivity index (χ4n) is 2.29. The van der Waals surface area contributed by atoms with Crippen molar-refractivity contribution in [3.63, 3.8) is 0 Å². The third-order valence-electron chi connectivity index (χ3n) is 3.64. The number of ether oxygens (including phenoxy) is 2. The molecular formula is C23H36O3. The standard InChI is InChI=1S/C21H30O3.C2H6/c1-5-8-11-12-18-15-19(17(4)22)16-20(23-13-9-6-2)21(18)24-14-10-7-3;1-2/h5,7,15-16,22H,1,3-4,6,8-14H2,2H3;1-2H3. The summed E-state index contributed by atoms with van der Waals surface area (Å²) in [5.74, 6) is 1.48. The normalized spacial score (nSPS) is 9.65. The van der Waals surface area contributed by atoms with E-state index in [0.29, 0.717) is 24.5 Å². The number of unbranched alkanes of at least 4 members (excludes halogenated alkanes) is 2. The molecule has 0 bridgehead atoms. The minimum atomic E-state index is 0.0398.